The lowest BCUT2D eigenvalue weighted by atomic mass is 10.1. The minimum Gasteiger partial charge on any atom is -0.494 e. The highest BCUT2D eigenvalue weighted by Gasteiger charge is 2.22. The molecule has 10 heteroatoms. The Morgan fingerprint density at radius 3 is 2.65 bits per heavy atom. The molecule has 0 spiro atoms. The second-order valence-electron chi connectivity index (χ2n) is 9.08. The van der Waals surface area contributed by atoms with Crippen LogP contribution in [0.3, 0.4) is 0 Å². The Kier molecular flexibility index (Phi) is 7.88. The maximum atomic E-state index is 12.0. The summed E-state index contributed by atoms with van der Waals surface area (Å²) in [6.07, 6.45) is 4.76. The van der Waals surface area contributed by atoms with Gasteiger partial charge < -0.3 is 24.4 Å². The van der Waals surface area contributed by atoms with E-state index in [-0.39, 0.29) is 10.6 Å². The summed E-state index contributed by atoms with van der Waals surface area (Å²) in [6, 6.07) is 13.1. The number of anilines is 3. The third-order valence-electron chi connectivity index (χ3n) is 6.40. The molecule has 4 rings (SSSR count). The highest BCUT2D eigenvalue weighted by Crippen LogP contribution is 2.39. The zero-order chi connectivity index (χ0) is 26.5. The third kappa shape index (κ3) is 5.64. The predicted octanol–water partition coefficient (Wildman–Crippen LogP) is 5.07. The molecule has 0 aliphatic heterocycles. The fourth-order valence-corrected chi connectivity index (χ4v) is 4.45. The van der Waals surface area contributed by atoms with Gasteiger partial charge in [0.1, 0.15) is 11.4 Å². The second kappa shape index (κ2) is 11.3. The van der Waals surface area contributed by atoms with E-state index in [9.17, 15) is 10.1 Å². The number of aryl methyl sites for hydroxylation is 1. The van der Waals surface area contributed by atoms with Gasteiger partial charge in [-0.1, -0.05) is 25.1 Å². The number of rotatable bonds is 11. The first-order valence-electron chi connectivity index (χ1n) is 12.2. The number of benzene rings is 2. The number of ether oxygens (including phenoxy) is 1. The lowest BCUT2D eigenvalue weighted by Crippen LogP contribution is -2.31. The quantitative estimate of drug-likeness (QED) is 0.224. The van der Waals surface area contributed by atoms with E-state index in [0.29, 0.717) is 29.6 Å². The number of nitrogens with zero attached hydrogens (tertiary/aromatic N) is 6. The molecule has 0 unspecified atom stereocenters. The van der Waals surface area contributed by atoms with Crippen LogP contribution in [0.15, 0.2) is 54.9 Å². The van der Waals surface area contributed by atoms with Gasteiger partial charge in [-0.3, -0.25) is 10.1 Å². The van der Waals surface area contributed by atoms with Crippen LogP contribution in [0, 0.1) is 10.1 Å². The Bertz CT molecular complexity index is 1400. The van der Waals surface area contributed by atoms with Gasteiger partial charge in [-0.05, 0) is 32.1 Å². The lowest BCUT2D eigenvalue weighted by Gasteiger charge is -2.24. The smallest absolute Gasteiger partial charge is 0.294 e. The van der Waals surface area contributed by atoms with Crippen molar-refractivity contribution in [3.8, 4) is 17.0 Å². The number of nitro benzene ring substituents is 1. The van der Waals surface area contributed by atoms with E-state index in [1.54, 1.807) is 19.4 Å². The molecule has 0 atom stereocenters. The summed E-state index contributed by atoms with van der Waals surface area (Å²) in [5.41, 5.74) is 3.71. The Morgan fingerprint density at radius 2 is 1.92 bits per heavy atom. The fraction of sp³-hybridized carbons (Fsp3) is 0.333. The molecule has 2 aromatic carbocycles. The molecular formula is C27H33N7O3. The van der Waals surface area contributed by atoms with Crippen LogP contribution in [-0.2, 0) is 7.05 Å². The Hall–Kier alpha value is -4.18. The van der Waals surface area contributed by atoms with Crippen molar-refractivity contribution in [3.05, 3.63) is 65.0 Å². The van der Waals surface area contributed by atoms with Crippen LogP contribution in [0.1, 0.15) is 13.3 Å². The van der Waals surface area contributed by atoms with Crippen molar-refractivity contribution in [2.75, 3.05) is 51.1 Å². The van der Waals surface area contributed by atoms with E-state index in [2.05, 4.69) is 38.8 Å². The topological polar surface area (TPSA) is 102 Å². The van der Waals surface area contributed by atoms with Crippen LogP contribution in [0.5, 0.6) is 5.75 Å². The molecule has 0 radical (unpaired) electrons. The highest BCUT2D eigenvalue weighted by atomic mass is 16.6. The molecule has 2 heterocycles. The molecule has 194 valence electrons. The number of nitrogens with one attached hydrogen (secondary N) is 1. The summed E-state index contributed by atoms with van der Waals surface area (Å²) in [4.78, 5) is 24.8. The number of fused-ring (bicyclic) bond motifs is 1. The van der Waals surface area contributed by atoms with Crippen molar-refractivity contribution in [3.63, 3.8) is 0 Å². The largest absolute Gasteiger partial charge is 0.494 e. The summed E-state index contributed by atoms with van der Waals surface area (Å²) in [6.45, 7) is 4.53. The van der Waals surface area contributed by atoms with E-state index in [0.717, 1.165) is 41.7 Å². The maximum Gasteiger partial charge on any atom is 0.294 e. The number of para-hydroxylation sites is 1. The zero-order valence-electron chi connectivity index (χ0n) is 21.9. The van der Waals surface area contributed by atoms with Gasteiger partial charge in [0.15, 0.2) is 0 Å². The van der Waals surface area contributed by atoms with Crippen molar-refractivity contribution in [2.45, 2.75) is 13.3 Å². The second-order valence-corrected chi connectivity index (χ2v) is 9.08. The van der Waals surface area contributed by atoms with Gasteiger partial charge in [0, 0.05) is 68.2 Å². The molecule has 1 N–H and O–H groups in total. The van der Waals surface area contributed by atoms with E-state index >= 15 is 0 Å². The lowest BCUT2D eigenvalue weighted by molar-refractivity contribution is -0.384. The Balaban J connectivity index is 1.65. The molecule has 4 aromatic rings. The normalized spacial score (nSPS) is 11.2. The average molecular weight is 504 g/mol. The molecule has 0 bridgehead atoms. The van der Waals surface area contributed by atoms with Crippen molar-refractivity contribution in [1.82, 2.24) is 19.4 Å². The standard InChI is InChI=1S/C27H33N7O3/c1-6-13-31(2)14-15-32(3)24-17-26(37-5)22(16-25(24)34(35)36)30-27-28-12-11-21(29-27)20-18-33(4)23-10-8-7-9-19(20)23/h7-12,16-18H,6,13-15H2,1-5H3,(H,28,29,30). The third-order valence-corrected chi connectivity index (χ3v) is 6.40. The first kappa shape index (κ1) is 25.9. The van der Waals surface area contributed by atoms with E-state index in [4.69, 9.17) is 9.72 Å². The van der Waals surface area contributed by atoms with Gasteiger partial charge >= 0.3 is 0 Å². The summed E-state index contributed by atoms with van der Waals surface area (Å²) in [5.74, 6) is 0.786. The van der Waals surface area contributed by atoms with Crippen LogP contribution in [0.4, 0.5) is 23.0 Å². The zero-order valence-corrected chi connectivity index (χ0v) is 21.9. The van der Waals surface area contributed by atoms with Gasteiger partial charge in [0.2, 0.25) is 5.95 Å². The van der Waals surface area contributed by atoms with Crippen molar-refractivity contribution < 1.29 is 9.66 Å². The van der Waals surface area contributed by atoms with E-state index in [1.165, 1.54) is 6.07 Å². The van der Waals surface area contributed by atoms with Gasteiger partial charge in [-0.15, -0.1) is 0 Å². The first-order valence-corrected chi connectivity index (χ1v) is 12.2. The van der Waals surface area contributed by atoms with Crippen molar-refractivity contribution >= 4 is 33.9 Å². The summed E-state index contributed by atoms with van der Waals surface area (Å²) in [7, 11) is 7.44. The number of nitro groups is 1. The van der Waals surface area contributed by atoms with E-state index in [1.807, 2.05) is 50.4 Å². The number of hydrogen-bond donors (Lipinski definition) is 1. The number of aromatic nitrogens is 3. The molecule has 10 nitrogen and oxygen atoms in total. The summed E-state index contributed by atoms with van der Waals surface area (Å²) >= 11 is 0. The van der Waals surface area contributed by atoms with E-state index < -0.39 is 0 Å². The number of likely N-dealkylation sites (N-methyl/N-ethyl adjacent to an activating group) is 2. The van der Waals surface area contributed by atoms with Crippen LogP contribution in [0.25, 0.3) is 22.2 Å². The van der Waals surface area contributed by atoms with Gasteiger partial charge in [0.05, 0.1) is 23.4 Å². The van der Waals surface area contributed by atoms with Gasteiger partial charge in [0.25, 0.3) is 5.69 Å². The van der Waals surface area contributed by atoms with Crippen molar-refractivity contribution in [1.29, 1.82) is 0 Å². The Morgan fingerprint density at radius 1 is 1.14 bits per heavy atom. The molecular weight excluding hydrogens is 470 g/mol. The molecule has 37 heavy (non-hydrogen) atoms. The molecule has 0 saturated carbocycles. The van der Waals surface area contributed by atoms with Gasteiger partial charge in [-0.25, -0.2) is 9.97 Å². The SMILES string of the molecule is CCCN(C)CCN(C)c1cc(OC)c(Nc2nccc(-c3cn(C)c4ccccc34)n2)cc1[N+](=O)[O-]. The van der Waals surface area contributed by atoms with Crippen LogP contribution in [-0.4, -0.2) is 65.2 Å². The fourth-order valence-electron chi connectivity index (χ4n) is 4.45. The van der Waals surface area contributed by atoms with Gasteiger partial charge in [-0.2, -0.15) is 0 Å². The van der Waals surface area contributed by atoms with Crippen LogP contribution in [0.2, 0.25) is 0 Å². The number of methoxy groups -OCH3 is 1. The minimum atomic E-state index is -0.375. The monoisotopic (exact) mass is 503 g/mol. The molecule has 2 aromatic heterocycles. The summed E-state index contributed by atoms with van der Waals surface area (Å²) < 4.78 is 7.66. The predicted molar refractivity (Wildman–Crippen MR) is 148 cm³/mol. The maximum absolute atomic E-state index is 12.0. The molecule has 0 amide bonds. The Labute approximate surface area is 216 Å². The number of hydrogen-bond acceptors (Lipinski definition) is 8. The first-order chi connectivity index (χ1) is 17.8. The minimum absolute atomic E-state index is 0.0193. The summed E-state index contributed by atoms with van der Waals surface area (Å²) in [5, 5.41) is 16.2. The molecule has 0 aliphatic carbocycles. The molecule has 0 saturated heterocycles. The van der Waals surface area contributed by atoms with Crippen molar-refractivity contribution in [2.24, 2.45) is 7.05 Å². The highest BCUT2D eigenvalue weighted by molar-refractivity contribution is 5.95. The molecule has 0 aliphatic rings. The van der Waals surface area contributed by atoms with Crippen LogP contribution < -0.4 is 15.0 Å². The molecule has 0 fully saturated rings. The van der Waals surface area contributed by atoms with Crippen LogP contribution >= 0.6 is 0 Å². The average Bonchev–Trinajstić information content (AvgIpc) is 3.24.